The number of ether oxygens (including phenoxy) is 1. The second-order valence-corrected chi connectivity index (χ2v) is 4.85. The van der Waals surface area contributed by atoms with Crippen LogP contribution in [0.2, 0.25) is 0 Å². The van der Waals surface area contributed by atoms with Gasteiger partial charge < -0.3 is 4.74 Å². The zero-order chi connectivity index (χ0) is 14.0. The first-order chi connectivity index (χ1) is 8.87. The monoisotopic (exact) mass is 287 g/mol. The fourth-order valence-corrected chi connectivity index (χ4v) is 2.20. The normalized spacial score (nSPS) is 11.4. The highest BCUT2D eigenvalue weighted by molar-refractivity contribution is 7.13. The molecule has 100 valence electrons. The van der Waals surface area contributed by atoms with Crippen LogP contribution < -0.4 is 4.74 Å². The summed E-state index contributed by atoms with van der Waals surface area (Å²) >= 11 is 1.12. The number of aryl methyl sites for hydroxylation is 1. The lowest BCUT2D eigenvalue weighted by Gasteiger charge is -2.11. The molecule has 0 aliphatic rings. The maximum Gasteiger partial charge on any atom is 0.573 e. The van der Waals surface area contributed by atoms with Gasteiger partial charge in [0.2, 0.25) is 5.78 Å². The van der Waals surface area contributed by atoms with E-state index in [2.05, 4.69) is 9.72 Å². The Bertz CT molecular complexity index is 607. The summed E-state index contributed by atoms with van der Waals surface area (Å²) in [5.41, 5.74) is -0.136. The lowest BCUT2D eigenvalue weighted by molar-refractivity contribution is -0.274. The number of thiazole rings is 1. The van der Waals surface area contributed by atoms with Gasteiger partial charge in [0.15, 0.2) is 0 Å². The van der Waals surface area contributed by atoms with Crippen molar-refractivity contribution in [3.63, 3.8) is 0 Å². The zero-order valence-corrected chi connectivity index (χ0v) is 10.5. The van der Waals surface area contributed by atoms with Crippen LogP contribution >= 0.6 is 11.3 Å². The second kappa shape index (κ2) is 5.00. The van der Waals surface area contributed by atoms with Crippen LogP contribution in [0.1, 0.15) is 20.2 Å². The molecule has 0 N–H and O–H groups in total. The Labute approximate surface area is 110 Å². The molecule has 0 fully saturated rings. The lowest BCUT2D eigenvalue weighted by Crippen LogP contribution is -2.19. The van der Waals surface area contributed by atoms with Gasteiger partial charge in [0.1, 0.15) is 5.75 Å². The van der Waals surface area contributed by atoms with Crippen LogP contribution in [0.5, 0.6) is 5.75 Å². The molecule has 0 unspecified atom stereocenters. The molecule has 0 saturated carbocycles. The van der Waals surface area contributed by atoms with Crippen molar-refractivity contribution in [2.75, 3.05) is 0 Å². The van der Waals surface area contributed by atoms with Crippen molar-refractivity contribution in [2.45, 2.75) is 13.3 Å². The average molecular weight is 287 g/mol. The molecule has 0 aliphatic carbocycles. The third kappa shape index (κ3) is 3.31. The first-order valence-corrected chi connectivity index (χ1v) is 6.00. The van der Waals surface area contributed by atoms with Gasteiger partial charge in [-0.1, -0.05) is 12.1 Å². The molecule has 0 spiro atoms. The number of carbonyl (C=O) groups excluding carboxylic acids is 1. The van der Waals surface area contributed by atoms with Gasteiger partial charge in [-0.25, -0.2) is 4.98 Å². The van der Waals surface area contributed by atoms with E-state index in [1.165, 1.54) is 24.4 Å². The Kier molecular flexibility index (Phi) is 3.57. The minimum Gasteiger partial charge on any atom is -0.405 e. The van der Waals surface area contributed by atoms with E-state index in [0.717, 1.165) is 17.4 Å². The molecule has 19 heavy (non-hydrogen) atoms. The molecule has 0 aliphatic heterocycles. The van der Waals surface area contributed by atoms with Gasteiger partial charge in [0.25, 0.3) is 0 Å². The first-order valence-electron chi connectivity index (χ1n) is 5.19. The highest BCUT2D eigenvalue weighted by Gasteiger charge is 2.33. The number of carbonyl (C=O) groups is 1. The van der Waals surface area contributed by atoms with Crippen LogP contribution in [0.25, 0.3) is 0 Å². The molecule has 0 atom stereocenters. The topological polar surface area (TPSA) is 39.2 Å². The third-order valence-corrected chi connectivity index (χ3v) is 3.11. The largest absolute Gasteiger partial charge is 0.573 e. The molecule has 2 aromatic rings. The van der Waals surface area contributed by atoms with Crippen molar-refractivity contribution in [3.05, 3.63) is 45.9 Å². The number of benzene rings is 1. The van der Waals surface area contributed by atoms with Crippen LogP contribution in [-0.2, 0) is 0 Å². The van der Waals surface area contributed by atoms with Gasteiger partial charge in [-0.15, -0.1) is 24.5 Å². The number of para-hydroxylation sites is 1. The molecule has 2 rings (SSSR count). The summed E-state index contributed by atoms with van der Waals surface area (Å²) in [5.74, 6) is -1.04. The number of aromatic nitrogens is 1. The smallest absolute Gasteiger partial charge is 0.405 e. The molecule has 1 heterocycles. The van der Waals surface area contributed by atoms with Crippen LogP contribution in [0.15, 0.2) is 30.5 Å². The first kappa shape index (κ1) is 13.5. The van der Waals surface area contributed by atoms with E-state index in [4.69, 9.17) is 0 Å². The Morgan fingerprint density at radius 1 is 1.32 bits per heavy atom. The van der Waals surface area contributed by atoms with Gasteiger partial charge in [-0.2, -0.15) is 0 Å². The standard InChI is InChI=1S/C12H8F3NO2S/c1-7-16-6-10(19-7)11(17)8-4-2-3-5-9(8)18-12(13,14)15/h2-6H,1H3. The summed E-state index contributed by atoms with van der Waals surface area (Å²) in [5, 5.41) is 0.664. The number of hydrogen-bond donors (Lipinski definition) is 0. The zero-order valence-electron chi connectivity index (χ0n) is 9.69. The van der Waals surface area contributed by atoms with E-state index in [1.54, 1.807) is 6.92 Å². The second-order valence-electron chi connectivity index (χ2n) is 3.62. The predicted molar refractivity (Wildman–Crippen MR) is 63.4 cm³/mol. The molecular formula is C12H8F3NO2S. The van der Waals surface area contributed by atoms with Crippen LogP contribution in [0, 0.1) is 6.92 Å². The van der Waals surface area contributed by atoms with Crippen LogP contribution in [0.4, 0.5) is 13.2 Å². The van der Waals surface area contributed by atoms with E-state index in [9.17, 15) is 18.0 Å². The fraction of sp³-hybridized carbons (Fsp3) is 0.167. The van der Waals surface area contributed by atoms with Gasteiger partial charge in [0.05, 0.1) is 15.4 Å². The summed E-state index contributed by atoms with van der Waals surface area (Å²) in [4.78, 5) is 16.3. The van der Waals surface area contributed by atoms with E-state index < -0.39 is 17.9 Å². The van der Waals surface area contributed by atoms with Gasteiger partial charge in [-0.3, -0.25) is 4.79 Å². The Morgan fingerprint density at radius 3 is 2.58 bits per heavy atom. The van der Waals surface area contributed by atoms with Gasteiger partial charge in [-0.05, 0) is 19.1 Å². The molecular weight excluding hydrogens is 279 g/mol. The highest BCUT2D eigenvalue weighted by atomic mass is 32.1. The third-order valence-electron chi connectivity index (χ3n) is 2.20. The number of halogens is 3. The van der Waals surface area contributed by atoms with Crippen molar-refractivity contribution >= 4 is 17.1 Å². The predicted octanol–water partition coefficient (Wildman–Crippen LogP) is 3.58. The molecule has 7 heteroatoms. The fourth-order valence-electron chi connectivity index (χ4n) is 1.47. The van der Waals surface area contributed by atoms with Gasteiger partial charge >= 0.3 is 6.36 Å². The van der Waals surface area contributed by atoms with Crippen molar-refractivity contribution < 1.29 is 22.7 Å². The molecule has 0 radical (unpaired) electrons. The quantitative estimate of drug-likeness (QED) is 0.810. The maximum atomic E-state index is 12.2. The molecule has 0 saturated heterocycles. The van der Waals surface area contributed by atoms with Crippen molar-refractivity contribution in [2.24, 2.45) is 0 Å². The van der Waals surface area contributed by atoms with Crippen LogP contribution in [0.3, 0.4) is 0 Å². The van der Waals surface area contributed by atoms with E-state index in [0.29, 0.717) is 5.01 Å². The lowest BCUT2D eigenvalue weighted by atomic mass is 10.1. The molecule has 0 amide bonds. The minimum atomic E-state index is -4.83. The van der Waals surface area contributed by atoms with Gasteiger partial charge in [0, 0.05) is 6.20 Å². The average Bonchev–Trinajstić information content (AvgIpc) is 2.74. The van der Waals surface area contributed by atoms with Crippen molar-refractivity contribution in [1.29, 1.82) is 0 Å². The number of ketones is 1. The summed E-state index contributed by atoms with van der Waals surface area (Å²) in [6, 6.07) is 5.24. The highest BCUT2D eigenvalue weighted by Crippen LogP contribution is 2.28. The summed E-state index contributed by atoms with van der Waals surface area (Å²) in [6.07, 6.45) is -3.49. The summed E-state index contributed by atoms with van der Waals surface area (Å²) in [6.45, 7) is 1.71. The molecule has 1 aromatic carbocycles. The Balaban J connectivity index is 2.37. The van der Waals surface area contributed by atoms with E-state index in [-0.39, 0.29) is 10.4 Å². The van der Waals surface area contributed by atoms with E-state index in [1.807, 2.05) is 0 Å². The number of nitrogens with zero attached hydrogens (tertiary/aromatic N) is 1. The maximum absolute atomic E-state index is 12.2. The summed E-state index contributed by atoms with van der Waals surface area (Å²) < 4.78 is 40.6. The van der Waals surface area contributed by atoms with Crippen LogP contribution in [-0.4, -0.2) is 17.1 Å². The molecule has 3 nitrogen and oxygen atoms in total. The molecule has 0 bridgehead atoms. The Morgan fingerprint density at radius 2 is 2.00 bits per heavy atom. The van der Waals surface area contributed by atoms with Crippen molar-refractivity contribution in [3.8, 4) is 5.75 Å². The SMILES string of the molecule is Cc1ncc(C(=O)c2ccccc2OC(F)(F)F)s1. The number of alkyl halides is 3. The number of hydrogen-bond acceptors (Lipinski definition) is 4. The Hall–Kier alpha value is -1.89. The summed E-state index contributed by atoms with van der Waals surface area (Å²) in [7, 11) is 0. The van der Waals surface area contributed by atoms with Crippen molar-refractivity contribution in [1.82, 2.24) is 4.98 Å². The minimum absolute atomic E-state index is 0.136. The number of rotatable bonds is 3. The molecule has 1 aromatic heterocycles. The van der Waals surface area contributed by atoms with E-state index >= 15 is 0 Å².